The maximum Gasteiger partial charge on any atom is 0.0110 e. The van der Waals surface area contributed by atoms with Crippen LogP contribution in [0.2, 0.25) is 0 Å². The maximum absolute atomic E-state index is 3.75. The van der Waals surface area contributed by atoms with Crippen molar-refractivity contribution in [1.29, 1.82) is 0 Å². The van der Waals surface area contributed by atoms with Crippen LogP contribution < -0.4 is 5.32 Å². The Balaban J connectivity index is 1.98. The lowest BCUT2D eigenvalue weighted by molar-refractivity contribution is 0.391. The number of hydrogen-bond acceptors (Lipinski definition) is 1. The molecule has 0 amide bonds. The van der Waals surface area contributed by atoms with Crippen LogP contribution in [-0.2, 0) is 19.3 Å². The van der Waals surface area contributed by atoms with Crippen molar-refractivity contribution in [2.24, 2.45) is 5.92 Å². The molecule has 0 fully saturated rings. The average molecular weight is 273 g/mol. The minimum Gasteiger partial charge on any atom is -0.314 e. The highest BCUT2D eigenvalue weighted by atomic mass is 14.9. The molecule has 0 aliphatic heterocycles. The SMILES string of the molecule is CCCNC(Cc1ccc2c(c1)CCC2)CC(C)CC. The predicted molar refractivity (Wildman–Crippen MR) is 88.3 cm³/mol. The van der Waals surface area contributed by atoms with Crippen molar-refractivity contribution in [2.75, 3.05) is 6.54 Å². The second kappa shape index (κ2) is 7.83. The summed E-state index contributed by atoms with van der Waals surface area (Å²) >= 11 is 0. The lowest BCUT2D eigenvalue weighted by Gasteiger charge is -2.22. The Labute approximate surface area is 125 Å². The summed E-state index contributed by atoms with van der Waals surface area (Å²) in [6, 6.07) is 7.85. The number of rotatable bonds is 8. The number of aryl methyl sites for hydroxylation is 2. The van der Waals surface area contributed by atoms with Gasteiger partial charge in [-0.1, -0.05) is 45.4 Å². The van der Waals surface area contributed by atoms with Crippen LogP contribution >= 0.6 is 0 Å². The quantitative estimate of drug-likeness (QED) is 0.734. The third kappa shape index (κ3) is 4.34. The lowest BCUT2D eigenvalue weighted by atomic mass is 9.93. The highest BCUT2D eigenvalue weighted by Gasteiger charge is 2.15. The zero-order valence-electron chi connectivity index (χ0n) is 13.5. The standard InChI is InChI=1S/C19H31N/c1-4-11-20-19(12-15(3)5-2)14-16-9-10-17-7-6-8-18(17)13-16/h9-10,13,15,19-20H,4-8,11-12,14H2,1-3H3. The zero-order chi connectivity index (χ0) is 14.4. The van der Waals surface area contributed by atoms with Crippen LogP contribution in [0.1, 0.15) is 63.1 Å². The van der Waals surface area contributed by atoms with E-state index < -0.39 is 0 Å². The van der Waals surface area contributed by atoms with Crippen molar-refractivity contribution in [1.82, 2.24) is 5.32 Å². The lowest BCUT2D eigenvalue weighted by Crippen LogP contribution is -2.33. The first kappa shape index (κ1) is 15.6. The number of nitrogens with one attached hydrogen (secondary N) is 1. The molecular formula is C19H31N. The molecule has 0 bridgehead atoms. The molecular weight excluding hydrogens is 242 g/mol. The van der Waals surface area contributed by atoms with Crippen LogP contribution in [0.15, 0.2) is 18.2 Å². The van der Waals surface area contributed by atoms with Crippen LogP contribution in [0.5, 0.6) is 0 Å². The molecule has 2 atom stereocenters. The Hall–Kier alpha value is -0.820. The molecule has 20 heavy (non-hydrogen) atoms. The summed E-state index contributed by atoms with van der Waals surface area (Å²) in [5, 5.41) is 3.75. The number of fused-ring (bicyclic) bond motifs is 1. The van der Waals surface area contributed by atoms with Crippen molar-refractivity contribution >= 4 is 0 Å². The van der Waals surface area contributed by atoms with Crippen LogP contribution in [0, 0.1) is 5.92 Å². The second-order valence-corrected chi connectivity index (χ2v) is 6.56. The van der Waals surface area contributed by atoms with Gasteiger partial charge in [0.05, 0.1) is 0 Å². The van der Waals surface area contributed by atoms with Gasteiger partial charge in [0.1, 0.15) is 0 Å². The first-order valence-electron chi connectivity index (χ1n) is 8.57. The molecule has 2 unspecified atom stereocenters. The van der Waals surface area contributed by atoms with Gasteiger partial charge >= 0.3 is 0 Å². The van der Waals surface area contributed by atoms with Gasteiger partial charge in [0.25, 0.3) is 0 Å². The Morgan fingerprint density at radius 1 is 1.15 bits per heavy atom. The van der Waals surface area contributed by atoms with Gasteiger partial charge in [-0.25, -0.2) is 0 Å². The monoisotopic (exact) mass is 273 g/mol. The van der Waals surface area contributed by atoms with Crippen molar-refractivity contribution in [3.8, 4) is 0 Å². The molecule has 112 valence electrons. The fourth-order valence-corrected chi connectivity index (χ4v) is 3.28. The molecule has 2 rings (SSSR count). The van der Waals surface area contributed by atoms with E-state index in [-0.39, 0.29) is 0 Å². The molecule has 1 aromatic rings. The molecule has 0 spiro atoms. The molecule has 0 saturated heterocycles. The van der Waals surface area contributed by atoms with E-state index in [4.69, 9.17) is 0 Å². The molecule has 1 N–H and O–H groups in total. The molecule has 1 nitrogen and oxygen atoms in total. The smallest absolute Gasteiger partial charge is 0.0110 e. The minimum atomic E-state index is 0.643. The third-order valence-corrected chi connectivity index (χ3v) is 4.71. The van der Waals surface area contributed by atoms with Gasteiger partial charge in [-0.05, 0) is 67.7 Å². The third-order valence-electron chi connectivity index (χ3n) is 4.71. The van der Waals surface area contributed by atoms with Crippen LogP contribution in [0.3, 0.4) is 0 Å². The fourth-order valence-electron chi connectivity index (χ4n) is 3.28. The van der Waals surface area contributed by atoms with Crippen LogP contribution in [0.25, 0.3) is 0 Å². The van der Waals surface area contributed by atoms with Gasteiger partial charge in [0, 0.05) is 6.04 Å². The minimum absolute atomic E-state index is 0.643. The molecule has 1 aromatic carbocycles. The van der Waals surface area contributed by atoms with E-state index in [0.29, 0.717) is 6.04 Å². The summed E-state index contributed by atoms with van der Waals surface area (Å²) in [6.07, 6.45) is 8.94. The summed E-state index contributed by atoms with van der Waals surface area (Å²) in [5.41, 5.74) is 4.73. The Morgan fingerprint density at radius 3 is 2.70 bits per heavy atom. The van der Waals surface area contributed by atoms with Gasteiger partial charge in [-0.15, -0.1) is 0 Å². The van der Waals surface area contributed by atoms with Crippen molar-refractivity contribution in [3.05, 3.63) is 34.9 Å². The van der Waals surface area contributed by atoms with Crippen molar-refractivity contribution in [2.45, 2.75) is 71.8 Å². The number of benzene rings is 1. The Bertz CT molecular complexity index is 410. The molecule has 0 radical (unpaired) electrons. The summed E-state index contributed by atoms with van der Waals surface area (Å²) in [5.74, 6) is 0.818. The van der Waals surface area contributed by atoms with E-state index in [1.165, 1.54) is 50.5 Å². The largest absolute Gasteiger partial charge is 0.314 e. The van der Waals surface area contributed by atoms with Gasteiger partial charge in [-0.3, -0.25) is 0 Å². The van der Waals surface area contributed by atoms with Gasteiger partial charge in [-0.2, -0.15) is 0 Å². The first-order valence-corrected chi connectivity index (χ1v) is 8.57. The zero-order valence-corrected chi connectivity index (χ0v) is 13.5. The van der Waals surface area contributed by atoms with E-state index in [0.717, 1.165) is 12.5 Å². The Morgan fingerprint density at radius 2 is 1.95 bits per heavy atom. The van der Waals surface area contributed by atoms with Gasteiger partial charge < -0.3 is 5.32 Å². The topological polar surface area (TPSA) is 12.0 Å². The summed E-state index contributed by atoms with van der Waals surface area (Å²) in [6.45, 7) is 8.08. The molecule has 1 aliphatic rings. The summed E-state index contributed by atoms with van der Waals surface area (Å²) in [4.78, 5) is 0. The Kier molecular flexibility index (Phi) is 6.09. The van der Waals surface area contributed by atoms with Crippen molar-refractivity contribution < 1.29 is 0 Å². The molecule has 1 aliphatic carbocycles. The molecule has 0 saturated carbocycles. The van der Waals surface area contributed by atoms with E-state index in [1.54, 1.807) is 11.1 Å². The predicted octanol–water partition coefficient (Wildman–Crippen LogP) is 4.52. The van der Waals surface area contributed by atoms with E-state index in [1.807, 2.05) is 0 Å². The summed E-state index contributed by atoms with van der Waals surface area (Å²) in [7, 11) is 0. The normalized spacial score (nSPS) is 16.9. The highest BCUT2D eigenvalue weighted by Crippen LogP contribution is 2.24. The van der Waals surface area contributed by atoms with Crippen molar-refractivity contribution in [3.63, 3.8) is 0 Å². The van der Waals surface area contributed by atoms with E-state index >= 15 is 0 Å². The highest BCUT2D eigenvalue weighted by molar-refractivity contribution is 5.35. The summed E-state index contributed by atoms with van der Waals surface area (Å²) < 4.78 is 0. The molecule has 0 heterocycles. The van der Waals surface area contributed by atoms with Gasteiger partial charge in [0.15, 0.2) is 0 Å². The maximum atomic E-state index is 3.75. The fraction of sp³-hybridized carbons (Fsp3) is 0.684. The van der Waals surface area contributed by atoms with Crippen LogP contribution in [-0.4, -0.2) is 12.6 Å². The van der Waals surface area contributed by atoms with E-state index in [9.17, 15) is 0 Å². The van der Waals surface area contributed by atoms with Gasteiger partial charge in [0.2, 0.25) is 0 Å². The number of hydrogen-bond donors (Lipinski definition) is 1. The average Bonchev–Trinajstić information content (AvgIpc) is 2.92. The molecule has 0 aromatic heterocycles. The molecule has 1 heteroatoms. The van der Waals surface area contributed by atoms with Crippen LogP contribution in [0.4, 0.5) is 0 Å². The van der Waals surface area contributed by atoms with E-state index in [2.05, 4.69) is 44.3 Å². The second-order valence-electron chi connectivity index (χ2n) is 6.56. The first-order chi connectivity index (χ1) is 9.72.